The first-order valence-corrected chi connectivity index (χ1v) is 11.2. The molecule has 7 nitrogen and oxygen atoms in total. The number of nitrogens with zero attached hydrogens (tertiary/aromatic N) is 5. The number of nitrogens with one attached hydrogen (secondary N) is 1. The van der Waals surface area contributed by atoms with Crippen LogP contribution in [0.15, 0.2) is 43.0 Å². The van der Waals surface area contributed by atoms with Crippen LogP contribution in [0.4, 0.5) is 19.0 Å². The molecule has 2 aliphatic heterocycles. The van der Waals surface area contributed by atoms with Gasteiger partial charge in [0.05, 0.1) is 22.2 Å². The fourth-order valence-corrected chi connectivity index (χ4v) is 5.11. The van der Waals surface area contributed by atoms with Crippen molar-refractivity contribution in [2.75, 3.05) is 5.32 Å². The highest BCUT2D eigenvalue weighted by Gasteiger charge is 2.49. The molecule has 2 saturated heterocycles. The van der Waals surface area contributed by atoms with Gasteiger partial charge in [0.2, 0.25) is 0 Å². The maximum Gasteiger partial charge on any atom is 0.417 e. The summed E-state index contributed by atoms with van der Waals surface area (Å²) in [7, 11) is 0. The minimum Gasteiger partial charge on any atom is -0.364 e. The van der Waals surface area contributed by atoms with E-state index in [2.05, 4.69) is 25.3 Å². The smallest absolute Gasteiger partial charge is 0.364 e. The minimum atomic E-state index is -4.52. The van der Waals surface area contributed by atoms with Gasteiger partial charge in [0.25, 0.3) is 5.91 Å². The van der Waals surface area contributed by atoms with Crippen molar-refractivity contribution in [3.63, 3.8) is 0 Å². The van der Waals surface area contributed by atoms with Crippen molar-refractivity contribution < 1.29 is 18.0 Å². The molecule has 0 radical (unpaired) electrons. The van der Waals surface area contributed by atoms with Gasteiger partial charge in [0, 0.05) is 36.9 Å². The summed E-state index contributed by atoms with van der Waals surface area (Å²) in [6, 6.07) is 4.00. The highest BCUT2D eigenvalue weighted by atomic mass is 35.5. The van der Waals surface area contributed by atoms with Crippen molar-refractivity contribution in [1.82, 2.24) is 24.8 Å². The molecule has 0 aromatic carbocycles. The van der Waals surface area contributed by atoms with Crippen molar-refractivity contribution in [3.8, 4) is 11.4 Å². The van der Waals surface area contributed by atoms with Gasteiger partial charge in [0.1, 0.15) is 11.5 Å². The van der Waals surface area contributed by atoms with Crippen LogP contribution in [0.5, 0.6) is 0 Å². The van der Waals surface area contributed by atoms with Gasteiger partial charge in [-0.3, -0.25) is 9.78 Å². The molecule has 2 bridgehead atoms. The standard InChI is InChI=1S/C23H20ClF3N6O/c1-12-5-8-28-19(18(12)21-29-6-2-7-30-21)22(34)33-14-3-4-17(33)16(10-14)32-20-15(24)9-13(11-31-20)23(25,26)27/h2,5-9,11,14,16-17H,3-4,10H2,1H3,(H,31,32). The lowest BCUT2D eigenvalue weighted by Gasteiger charge is -2.26. The van der Waals surface area contributed by atoms with Crippen molar-refractivity contribution in [2.24, 2.45) is 0 Å². The first-order chi connectivity index (χ1) is 16.2. The average molecular weight is 489 g/mol. The number of aromatic nitrogens is 4. The predicted molar refractivity (Wildman–Crippen MR) is 119 cm³/mol. The third-order valence-corrected chi connectivity index (χ3v) is 6.70. The summed E-state index contributed by atoms with van der Waals surface area (Å²) in [5.74, 6) is 0.388. The molecule has 0 saturated carbocycles. The van der Waals surface area contributed by atoms with Gasteiger partial charge in [0.15, 0.2) is 5.82 Å². The molecule has 1 amide bonds. The Hall–Kier alpha value is -3.27. The molecule has 3 aromatic rings. The fraction of sp³-hybridized carbons (Fsp3) is 0.348. The van der Waals surface area contributed by atoms with Crippen LogP contribution in [-0.4, -0.2) is 48.9 Å². The lowest BCUT2D eigenvalue weighted by molar-refractivity contribution is -0.137. The molecule has 5 heterocycles. The number of halogens is 4. The Morgan fingerprint density at radius 1 is 1.15 bits per heavy atom. The van der Waals surface area contributed by atoms with E-state index in [0.29, 0.717) is 17.8 Å². The van der Waals surface area contributed by atoms with Crippen molar-refractivity contribution in [1.29, 1.82) is 0 Å². The van der Waals surface area contributed by atoms with Crippen LogP contribution in [-0.2, 0) is 6.18 Å². The summed E-state index contributed by atoms with van der Waals surface area (Å²) in [4.78, 5) is 32.4. The second kappa shape index (κ2) is 8.50. The zero-order valence-electron chi connectivity index (χ0n) is 18.1. The van der Waals surface area contributed by atoms with E-state index in [1.54, 1.807) is 24.7 Å². The highest BCUT2D eigenvalue weighted by Crippen LogP contribution is 2.41. The Morgan fingerprint density at radius 3 is 2.62 bits per heavy atom. The van der Waals surface area contributed by atoms with E-state index in [-0.39, 0.29) is 40.6 Å². The van der Waals surface area contributed by atoms with E-state index < -0.39 is 11.7 Å². The van der Waals surface area contributed by atoms with Gasteiger partial charge in [-0.15, -0.1) is 0 Å². The normalized spacial score (nSPS) is 21.7. The first-order valence-electron chi connectivity index (χ1n) is 10.8. The second-order valence-corrected chi connectivity index (χ2v) is 8.88. The lowest BCUT2D eigenvalue weighted by Crippen LogP contribution is -2.40. The molecule has 2 aliphatic rings. The molecule has 1 N–H and O–H groups in total. The van der Waals surface area contributed by atoms with Crippen LogP contribution in [0.3, 0.4) is 0 Å². The summed E-state index contributed by atoms with van der Waals surface area (Å²) >= 11 is 6.09. The molecule has 0 spiro atoms. The van der Waals surface area contributed by atoms with Gasteiger partial charge in [-0.25, -0.2) is 15.0 Å². The van der Waals surface area contributed by atoms with Crippen molar-refractivity contribution in [3.05, 3.63) is 64.8 Å². The Morgan fingerprint density at radius 2 is 1.91 bits per heavy atom. The highest BCUT2D eigenvalue weighted by molar-refractivity contribution is 6.33. The Bertz CT molecular complexity index is 1240. The number of alkyl halides is 3. The second-order valence-electron chi connectivity index (χ2n) is 8.47. The summed E-state index contributed by atoms with van der Waals surface area (Å²) in [5, 5.41) is 3.05. The molecule has 0 aliphatic carbocycles. The van der Waals surface area contributed by atoms with Crippen molar-refractivity contribution >= 4 is 23.3 Å². The summed E-state index contributed by atoms with van der Waals surface area (Å²) in [5.41, 5.74) is 0.811. The maximum absolute atomic E-state index is 13.7. The predicted octanol–water partition coefficient (Wildman–Crippen LogP) is 4.77. The van der Waals surface area contributed by atoms with Gasteiger partial charge < -0.3 is 10.2 Å². The van der Waals surface area contributed by atoms with E-state index in [1.807, 2.05) is 17.9 Å². The summed E-state index contributed by atoms with van der Waals surface area (Å²) in [6.45, 7) is 1.88. The van der Waals surface area contributed by atoms with Gasteiger partial charge in [-0.1, -0.05) is 11.6 Å². The molecular formula is C23H20ClF3N6O. The fourth-order valence-electron chi connectivity index (χ4n) is 4.89. The zero-order chi connectivity index (χ0) is 24.0. The van der Waals surface area contributed by atoms with E-state index in [1.165, 1.54) is 0 Å². The molecular weight excluding hydrogens is 469 g/mol. The average Bonchev–Trinajstić information content (AvgIpc) is 3.37. The molecule has 34 heavy (non-hydrogen) atoms. The molecule has 2 fully saturated rings. The van der Waals surface area contributed by atoms with Gasteiger partial charge in [-0.2, -0.15) is 13.2 Å². The largest absolute Gasteiger partial charge is 0.417 e. The Labute approximate surface area is 198 Å². The SMILES string of the molecule is Cc1ccnc(C(=O)N2C3CCC2C(Nc2ncc(C(F)(F)F)cc2Cl)C3)c1-c1ncccn1. The Kier molecular flexibility index (Phi) is 5.63. The van der Waals surface area contributed by atoms with Crippen LogP contribution in [0.25, 0.3) is 11.4 Å². The van der Waals surface area contributed by atoms with E-state index in [9.17, 15) is 18.0 Å². The number of rotatable bonds is 4. The molecule has 5 rings (SSSR count). The van der Waals surface area contributed by atoms with E-state index >= 15 is 0 Å². The number of hydrogen-bond donors (Lipinski definition) is 1. The molecule has 11 heteroatoms. The number of anilines is 1. The lowest BCUT2D eigenvalue weighted by atomic mass is 9.95. The maximum atomic E-state index is 13.7. The van der Waals surface area contributed by atoms with Crippen LogP contribution in [0.1, 0.15) is 40.9 Å². The molecule has 3 aromatic heterocycles. The number of amides is 1. The third kappa shape index (κ3) is 3.96. The number of hydrogen-bond acceptors (Lipinski definition) is 6. The molecule has 3 atom stereocenters. The zero-order valence-corrected chi connectivity index (χ0v) is 18.8. The minimum absolute atomic E-state index is 0.0184. The van der Waals surface area contributed by atoms with Crippen LogP contribution < -0.4 is 5.32 Å². The Balaban J connectivity index is 1.41. The number of pyridine rings is 2. The number of carbonyl (C=O) groups is 1. The van der Waals surface area contributed by atoms with E-state index in [4.69, 9.17) is 11.6 Å². The summed E-state index contributed by atoms with van der Waals surface area (Å²) < 4.78 is 38.8. The molecule has 176 valence electrons. The number of carbonyl (C=O) groups excluding carboxylic acids is 1. The van der Waals surface area contributed by atoms with Crippen molar-refractivity contribution in [2.45, 2.75) is 50.5 Å². The quantitative estimate of drug-likeness (QED) is 0.569. The topological polar surface area (TPSA) is 83.9 Å². The monoisotopic (exact) mass is 488 g/mol. The van der Waals surface area contributed by atoms with Crippen LogP contribution >= 0.6 is 11.6 Å². The third-order valence-electron chi connectivity index (χ3n) is 6.41. The van der Waals surface area contributed by atoms with E-state index in [0.717, 1.165) is 30.7 Å². The number of aryl methyl sites for hydroxylation is 1. The first kappa shape index (κ1) is 22.5. The van der Waals surface area contributed by atoms with Crippen LogP contribution in [0, 0.1) is 6.92 Å². The molecule has 3 unspecified atom stereocenters. The summed E-state index contributed by atoms with van der Waals surface area (Å²) in [6.07, 6.45) is 3.29. The van der Waals surface area contributed by atoms with Gasteiger partial charge >= 0.3 is 6.18 Å². The number of fused-ring (bicyclic) bond motifs is 2. The van der Waals surface area contributed by atoms with Gasteiger partial charge in [-0.05, 0) is 49.9 Å². The van der Waals surface area contributed by atoms with Crippen LogP contribution in [0.2, 0.25) is 5.02 Å².